The van der Waals surface area contributed by atoms with Crippen molar-refractivity contribution in [3.63, 3.8) is 0 Å². The molecule has 5 nitrogen and oxygen atoms in total. The molecule has 0 bridgehead atoms. The van der Waals surface area contributed by atoms with Gasteiger partial charge in [-0.3, -0.25) is 4.79 Å². The number of hydrogen-bond acceptors (Lipinski definition) is 4. The van der Waals surface area contributed by atoms with Gasteiger partial charge in [0.25, 0.3) is 5.91 Å². The van der Waals surface area contributed by atoms with Crippen LogP contribution in [0.1, 0.15) is 30.0 Å². The first-order chi connectivity index (χ1) is 14.1. The maximum Gasteiger partial charge on any atom is 0.263 e. The Morgan fingerprint density at radius 3 is 2.40 bits per heavy atom. The molecule has 0 N–H and O–H groups in total. The van der Waals surface area contributed by atoms with Crippen LogP contribution in [0.4, 0.5) is 0 Å². The average molecular weight is 470 g/mol. The third-order valence-electron chi connectivity index (χ3n) is 5.30. The van der Waals surface area contributed by atoms with Crippen LogP contribution in [0.5, 0.6) is 5.75 Å². The molecule has 162 valence electrons. The molecule has 1 heterocycles. The maximum absolute atomic E-state index is 13.3. The molecule has 2 aromatic rings. The highest BCUT2D eigenvalue weighted by molar-refractivity contribution is 7.91. The van der Waals surface area contributed by atoms with Crippen LogP contribution in [-0.2, 0) is 21.2 Å². The Bertz CT molecular complexity index is 1030. The minimum atomic E-state index is -3.16. The number of aryl methyl sites for hydroxylation is 2. The molecular weight excluding hydrogens is 445 g/mol. The van der Waals surface area contributed by atoms with E-state index in [-0.39, 0.29) is 24.0 Å². The van der Waals surface area contributed by atoms with Crippen molar-refractivity contribution in [3.05, 3.63) is 63.1 Å². The van der Waals surface area contributed by atoms with Crippen LogP contribution in [0.25, 0.3) is 0 Å². The second kappa shape index (κ2) is 9.16. The third kappa shape index (κ3) is 5.29. The number of carbonyl (C=O) groups is 1. The first-order valence-electron chi connectivity index (χ1n) is 9.75. The van der Waals surface area contributed by atoms with Crippen LogP contribution in [0, 0.1) is 13.8 Å². The van der Waals surface area contributed by atoms with Gasteiger partial charge in [-0.25, -0.2) is 8.42 Å². The van der Waals surface area contributed by atoms with Gasteiger partial charge in [0.15, 0.2) is 15.9 Å². The van der Waals surface area contributed by atoms with Crippen LogP contribution in [0.15, 0.2) is 36.4 Å². The molecule has 30 heavy (non-hydrogen) atoms. The maximum atomic E-state index is 13.3. The van der Waals surface area contributed by atoms with Gasteiger partial charge in [-0.2, -0.15) is 0 Å². The number of rotatable bonds is 6. The van der Waals surface area contributed by atoms with Crippen molar-refractivity contribution in [2.45, 2.75) is 45.9 Å². The fourth-order valence-corrected chi connectivity index (χ4v) is 5.72. The number of amides is 1. The van der Waals surface area contributed by atoms with Gasteiger partial charge in [-0.05, 0) is 62.1 Å². The zero-order chi connectivity index (χ0) is 22.1. The number of carbonyl (C=O) groups excluding carboxylic acids is 1. The van der Waals surface area contributed by atoms with E-state index in [0.29, 0.717) is 22.2 Å². The highest BCUT2D eigenvalue weighted by Gasteiger charge is 2.37. The van der Waals surface area contributed by atoms with Gasteiger partial charge in [0, 0.05) is 22.6 Å². The molecule has 1 fully saturated rings. The zero-order valence-electron chi connectivity index (χ0n) is 17.2. The Labute approximate surface area is 187 Å². The monoisotopic (exact) mass is 469 g/mol. The number of sulfone groups is 1. The van der Waals surface area contributed by atoms with Gasteiger partial charge in [-0.15, -0.1) is 0 Å². The van der Waals surface area contributed by atoms with Crippen molar-refractivity contribution in [2.75, 3.05) is 11.5 Å². The Balaban J connectivity index is 1.84. The predicted molar refractivity (Wildman–Crippen MR) is 120 cm³/mol. The molecule has 0 radical (unpaired) electrons. The van der Waals surface area contributed by atoms with Crippen molar-refractivity contribution in [1.29, 1.82) is 0 Å². The number of hydrogen-bond donors (Lipinski definition) is 0. The minimum Gasteiger partial charge on any atom is -0.481 e. The number of ether oxygens (including phenoxy) is 1. The van der Waals surface area contributed by atoms with E-state index in [1.54, 1.807) is 30.0 Å². The number of halogens is 2. The topological polar surface area (TPSA) is 63.7 Å². The molecule has 0 unspecified atom stereocenters. The van der Waals surface area contributed by atoms with Gasteiger partial charge >= 0.3 is 0 Å². The lowest BCUT2D eigenvalue weighted by Gasteiger charge is -2.31. The van der Waals surface area contributed by atoms with Gasteiger partial charge in [-0.1, -0.05) is 41.4 Å². The number of benzene rings is 2. The summed E-state index contributed by atoms with van der Waals surface area (Å²) in [4.78, 5) is 14.9. The van der Waals surface area contributed by atoms with E-state index < -0.39 is 22.0 Å². The molecule has 0 saturated carbocycles. The molecule has 0 spiro atoms. The summed E-state index contributed by atoms with van der Waals surface area (Å²) in [6.45, 7) is 5.65. The fraction of sp³-hybridized carbons (Fsp3) is 0.409. The Kier molecular flexibility index (Phi) is 7.00. The van der Waals surface area contributed by atoms with Crippen LogP contribution >= 0.6 is 23.2 Å². The minimum absolute atomic E-state index is 0.0466. The first-order valence-corrected chi connectivity index (χ1v) is 12.3. The molecular formula is C22H25Cl2NO4S. The van der Waals surface area contributed by atoms with Crippen molar-refractivity contribution in [2.24, 2.45) is 0 Å². The van der Waals surface area contributed by atoms with E-state index in [4.69, 9.17) is 27.9 Å². The van der Waals surface area contributed by atoms with Crippen LogP contribution in [0.3, 0.4) is 0 Å². The Hall–Kier alpha value is -1.76. The first kappa shape index (κ1) is 22.9. The summed E-state index contributed by atoms with van der Waals surface area (Å²) in [5.41, 5.74) is 2.49. The third-order valence-corrected chi connectivity index (χ3v) is 8.02. The summed E-state index contributed by atoms with van der Waals surface area (Å²) in [5, 5.41) is 1.20. The van der Waals surface area contributed by atoms with Gasteiger partial charge in [0.2, 0.25) is 0 Å². The van der Waals surface area contributed by atoms with Gasteiger partial charge < -0.3 is 9.64 Å². The van der Waals surface area contributed by atoms with Crippen molar-refractivity contribution < 1.29 is 17.9 Å². The molecule has 8 heteroatoms. The summed E-state index contributed by atoms with van der Waals surface area (Å²) in [6, 6.07) is 10.4. The molecule has 1 aliphatic heterocycles. The molecule has 0 aliphatic carbocycles. The van der Waals surface area contributed by atoms with Crippen molar-refractivity contribution in [1.82, 2.24) is 4.90 Å². The predicted octanol–water partition coefficient (Wildman–Crippen LogP) is 4.59. The standard InChI is InChI=1S/C22H25Cl2NO4S/c1-14-10-19(11-15(2)21(14)24)29-16(3)22(26)25(18-8-9-30(27,28)13-18)12-17-6-4-5-7-20(17)23/h4-7,10-11,16,18H,8-9,12-13H2,1-3H3/t16-,18-/m0/s1. The van der Waals surface area contributed by atoms with Gasteiger partial charge in [0.1, 0.15) is 5.75 Å². The van der Waals surface area contributed by atoms with E-state index >= 15 is 0 Å². The quantitative estimate of drug-likeness (QED) is 0.620. The molecule has 1 amide bonds. The second-order valence-electron chi connectivity index (χ2n) is 7.75. The van der Waals surface area contributed by atoms with Gasteiger partial charge in [0.05, 0.1) is 11.5 Å². The Morgan fingerprint density at radius 1 is 1.20 bits per heavy atom. The lowest BCUT2D eigenvalue weighted by molar-refractivity contribution is -0.140. The molecule has 3 rings (SSSR count). The van der Waals surface area contributed by atoms with E-state index in [1.165, 1.54) is 0 Å². The summed E-state index contributed by atoms with van der Waals surface area (Å²) >= 11 is 12.5. The second-order valence-corrected chi connectivity index (χ2v) is 10.8. The largest absolute Gasteiger partial charge is 0.481 e. The van der Waals surface area contributed by atoms with E-state index in [1.807, 2.05) is 32.0 Å². The van der Waals surface area contributed by atoms with E-state index in [2.05, 4.69) is 0 Å². The summed E-state index contributed by atoms with van der Waals surface area (Å²) < 4.78 is 30.0. The highest BCUT2D eigenvalue weighted by atomic mass is 35.5. The molecule has 1 saturated heterocycles. The molecule has 2 atom stereocenters. The Morgan fingerprint density at radius 2 is 1.83 bits per heavy atom. The van der Waals surface area contributed by atoms with Crippen molar-refractivity contribution in [3.8, 4) is 5.75 Å². The lowest BCUT2D eigenvalue weighted by atomic mass is 10.1. The summed E-state index contributed by atoms with van der Waals surface area (Å²) in [7, 11) is -3.16. The van der Waals surface area contributed by atoms with E-state index in [0.717, 1.165) is 16.7 Å². The normalized spacial score (nSPS) is 18.8. The lowest BCUT2D eigenvalue weighted by Crippen LogP contribution is -2.46. The van der Waals surface area contributed by atoms with Crippen LogP contribution in [-0.4, -0.2) is 42.9 Å². The number of nitrogens with zero attached hydrogens (tertiary/aromatic N) is 1. The molecule has 0 aromatic heterocycles. The van der Waals surface area contributed by atoms with Crippen LogP contribution < -0.4 is 4.74 Å². The molecule has 1 aliphatic rings. The van der Waals surface area contributed by atoms with Crippen LogP contribution in [0.2, 0.25) is 10.0 Å². The highest BCUT2D eigenvalue weighted by Crippen LogP contribution is 2.28. The fourth-order valence-electron chi connectivity index (χ4n) is 3.68. The smallest absolute Gasteiger partial charge is 0.263 e. The SMILES string of the molecule is Cc1cc(O[C@@H](C)C(=O)N(Cc2ccccc2Cl)[C@H]2CCS(=O)(=O)C2)cc(C)c1Cl. The summed E-state index contributed by atoms with van der Waals surface area (Å²) in [5.74, 6) is 0.304. The van der Waals surface area contributed by atoms with Crippen molar-refractivity contribution >= 4 is 38.9 Å². The molecule has 2 aromatic carbocycles. The zero-order valence-corrected chi connectivity index (χ0v) is 19.5. The van der Waals surface area contributed by atoms with E-state index in [9.17, 15) is 13.2 Å². The average Bonchev–Trinajstić information content (AvgIpc) is 3.04. The summed E-state index contributed by atoms with van der Waals surface area (Å²) in [6.07, 6.45) is -0.388.